The van der Waals surface area contributed by atoms with E-state index in [1.165, 1.54) is 28.8 Å². The Morgan fingerprint density at radius 3 is 2.50 bits per heavy atom. The van der Waals surface area contributed by atoms with Crippen LogP contribution in [0.2, 0.25) is 0 Å². The summed E-state index contributed by atoms with van der Waals surface area (Å²) < 4.78 is 22.6. The van der Waals surface area contributed by atoms with E-state index in [0.29, 0.717) is 5.69 Å². The van der Waals surface area contributed by atoms with Crippen LogP contribution < -0.4 is 10.5 Å². The molecule has 7 heteroatoms. The number of sulfonamides is 1. The van der Waals surface area contributed by atoms with Crippen molar-refractivity contribution in [1.82, 2.24) is 4.90 Å². The molecular formula is C19H23N3O3S. The van der Waals surface area contributed by atoms with Gasteiger partial charge in [-0.3, -0.25) is 9.69 Å². The number of aryl methyl sites for hydroxylation is 1. The van der Waals surface area contributed by atoms with E-state index >= 15 is 0 Å². The van der Waals surface area contributed by atoms with E-state index in [9.17, 15) is 13.2 Å². The topological polar surface area (TPSA) is 92.5 Å². The minimum Gasteiger partial charge on any atom is -0.325 e. The number of nitrogens with one attached hydrogen (secondary N) is 1. The van der Waals surface area contributed by atoms with Crippen molar-refractivity contribution in [2.75, 3.05) is 11.9 Å². The number of nitrogens with two attached hydrogens (primary N) is 1. The maximum atomic E-state index is 12.6. The van der Waals surface area contributed by atoms with Crippen LogP contribution in [0.5, 0.6) is 0 Å². The number of carbonyl (C=O) groups excluding carboxylic acids is 1. The van der Waals surface area contributed by atoms with Crippen LogP contribution >= 0.6 is 0 Å². The zero-order chi connectivity index (χ0) is 18.9. The fraction of sp³-hybridized carbons (Fsp3) is 0.316. The molecule has 0 fully saturated rings. The molecule has 2 aromatic rings. The number of rotatable bonds is 4. The van der Waals surface area contributed by atoms with Crippen LogP contribution in [0.4, 0.5) is 5.69 Å². The van der Waals surface area contributed by atoms with Crippen molar-refractivity contribution >= 4 is 21.6 Å². The largest absolute Gasteiger partial charge is 0.325 e. The third-order valence-corrected chi connectivity index (χ3v) is 5.71. The smallest absolute Gasteiger partial charge is 0.241 e. The summed E-state index contributed by atoms with van der Waals surface area (Å²) in [4.78, 5) is 14.7. The number of fused-ring (bicyclic) bond motifs is 1. The van der Waals surface area contributed by atoms with Crippen LogP contribution in [0.25, 0.3) is 0 Å². The lowest BCUT2D eigenvalue weighted by Gasteiger charge is -2.33. The fourth-order valence-electron chi connectivity index (χ4n) is 3.17. The Balaban J connectivity index is 1.66. The molecule has 0 unspecified atom stereocenters. The Kier molecular flexibility index (Phi) is 5.13. The Labute approximate surface area is 154 Å². The zero-order valence-corrected chi connectivity index (χ0v) is 15.7. The monoisotopic (exact) mass is 373 g/mol. The van der Waals surface area contributed by atoms with Gasteiger partial charge >= 0.3 is 0 Å². The minimum absolute atomic E-state index is 0.0199. The van der Waals surface area contributed by atoms with Crippen LogP contribution in [0.3, 0.4) is 0 Å². The summed E-state index contributed by atoms with van der Waals surface area (Å²) in [5.74, 6) is -0.121. The zero-order valence-electron chi connectivity index (χ0n) is 14.9. The van der Waals surface area contributed by atoms with Gasteiger partial charge in [0, 0.05) is 18.8 Å². The maximum Gasteiger partial charge on any atom is 0.241 e. The number of primary sulfonamides is 1. The minimum atomic E-state index is -3.73. The lowest BCUT2D eigenvalue weighted by molar-refractivity contribution is -0.121. The second-order valence-electron chi connectivity index (χ2n) is 6.73. The number of carbonyl (C=O) groups is 1. The number of benzene rings is 2. The molecule has 0 aromatic heterocycles. The second kappa shape index (κ2) is 7.19. The van der Waals surface area contributed by atoms with Crippen molar-refractivity contribution in [1.29, 1.82) is 0 Å². The Hall–Kier alpha value is -2.22. The molecule has 0 aliphatic carbocycles. The van der Waals surface area contributed by atoms with Gasteiger partial charge in [-0.2, -0.15) is 0 Å². The average Bonchev–Trinajstić information content (AvgIpc) is 2.60. The molecule has 1 atom stereocenters. The number of nitrogens with zero attached hydrogens (tertiary/aromatic N) is 1. The van der Waals surface area contributed by atoms with Gasteiger partial charge in [-0.05, 0) is 55.7 Å². The van der Waals surface area contributed by atoms with Gasteiger partial charge in [0.15, 0.2) is 0 Å². The molecule has 1 aliphatic heterocycles. The predicted molar refractivity (Wildman–Crippen MR) is 101 cm³/mol. The predicted octanol–water partition coefficient (Wildman–Crippen LogP) is 2.03. The van der Waals surface area contributed by atoms with Gasteiger partial charge in [-0.25, -0.2) is 13.6 Å². The quantitative estimate of drug-likeness (QED) is 0.858. The molecule has 3 N–H and O–H groups in total. The average molecular weight is 373 g/mol. The van der Waals surface area contributed by atoms with E-state index in [1.807, 2.05) is 6.92 Å². The van der Waals surface area contributed by atoms with E-state index in [-0.39, 0.29) is 16.8 Å². The lowest BCUT2D eigenvalue weighted by Crippen LogP contribution is -2.44. The van der Waals surface area contributed by atoms with Crippen LogP contribution in [-0.2, 0) is 27.8 Å². The van der Waals surface area contributed by atoms with Gasteiger partial charge in [0.2, 0.25) is 15.9 Å². The molecule has 3 rings (SSSR count). The van der Waals surface area contributed by atoms with Gasteiger partial charge in [-0.1, -0.05) is 23.8 Å². The van der Waals surface area contributed by atoms with Gasteiger partial charge in [0.05, 0.1) is 10.9 Å². The van der Waals surface area contributed by atoms with Crippen LogP contribution in [-0.4, -0.2) is 31.8 Å². The highest BCUT2D eigenvalue weighted by Crippen LogP contribution is 2.22. The molecule has 0 bridgehead atoms. The first-order valence-corrected chi connectivity index (χ1v) is 10.0. The standard InChI is InChI=1S/C19H23N3O3S/c1-13-3-4-16-12-22(10-9-15(16)11-13)14(2)19(23)21-17-5-7-18(8-6-17)26(20,24)25/h3-8,11,14H,9-10,12H2,1-2H3,(H,21,23)(H2,20,24,25)/t14-/m1/s1. The Morgan fingerprint density at radius 1 is 1.15 bits per heavy atom. The van der Waals surface area contributed by atoms with E-state index in [1.54, 1.807) is 12.1 Å². The molecule has 138 valence electrons. The van der Waals surface area contributed by atoms with Crippen molar-refractivity contribution in [3.8, 4) is 0 Å². The van der Waals surface area contributed by atoms with Crippen LogP contribution in [0, 0.1) is 6.92 Å². The molecule has 0 spiro atoms. The van der Waals surface area contributed by atoms with E-state index < -0.39 is 10.0 Å². The highest BCUT2D eigenvalue weighted by atomic mass is 32.2. The summed E-state index contributed by atoms with van der Waals surface area (Å²) in [6, 6.07) is 12.0. The molecule has 2 aromatic carbocycles. The summed E-state index contributed by atoms with van der Waals surface area (Å²) in [5, 5.41) is 7.91. The third-order valence-electron chi connectivity index (χ3n) is 4.78. The molecular weight excluding hydrogens is 350 g/mol. The third kappa shape index (κ3) is 4.12. The molecule has 6 nitrogen and oxygen atoms in total. The summed E-state index contributed by atoms with van der Waals surface area (Å²) >= 11 is 0. The number of hydrogen-bond acceptors (Lipinski definition) is 4. The molecule has 0 saturated carbocycles. The Bertz CT molecular complexity index is 924. The second-order valence-corrected chi connectivity index (χ2v) is 8.29. The van der Waals surface area contributed by atoms with Gasteiger partial charge in [0.25, 0.3) is 0 Å². The van der Waals surface area contributed by atoms with Crippen LogP contribution in [0.15, 0.2) is 47.4 Å². The summed E-state index contributed by atoms with van der Waals surface area (Å²) in [6.07, 6.45) is 0.928. The SMILES string of the molecule is Cc1ccc2c(c1)CCN([C@H](C)C(=O)Nc1ccc(S(N)(=O)=O)cc1)C2. The van der Waals surface area contributed by atoms with E-state index in [0.717, 1.165) is 19.5 Å². The number of amides is 1. The highest BCUT2D eigenvalue weighted by molar-refractivity contribution is 7.89. The molecule has 1 heterocycles. The fourth-order valence-corrected chi connectivity index (χ4v) is 3.69. The van der Waals surface area contributed by atoms with E-state index in [2.05, 4.69) is 35.3 Å². The molecule has 0 radical (unpaired) electrons. The maximum absolute atomic E-state index is 12.6. The first kappa shape index (κ1) is 18.6. The number of hydrogen-bond donors (Lipinski definition) is 2. The van der Waals surface area contributed by atoms with Crippen LogP contribution in [0.1, 0.15) is 23.6 Å². The van der Waals surface area contributed by atoms with Crippen molar-refractivity contribution < 1.29 is 13.2 Å². The molecule has 26 heavy (non-hydrogen) atoms. The normalized spacial score (nSPS) is 16.0. The molecule has 1 aliphatic rings. The van der Waals surface area contributed by atoms with Crippen molar-refractivity contribution in [3.63, 3.8) is 0 Å². The van der Waals surface area contributed by atoms with Gasteiger partial charge in [0.1, 0.15) is 0 Å². The van der Waals surface area contributed by atoms with Crippen molar-refractivity contribution in [2.24, 2.45) is 5.14 Å². The van der Waals surface area contributed by atoms with Crippen molar-refractivity contribution in [3.05, 3.63) is 59.2 Å². The van der Waals surface area contributed by atoms with Crippen molar-refractivity contribution in [2.45, 2.75) is 37.8 Å². The van der Waals surface area contributed by atoms with E-state index in [4.69, 9.17) is 5.14 Å². The van der Waals surface area contributed by atoms with Gasteiger partial charge in [-0.15, -0.1) is 0 Å². The number of anilines is 1. The first-order chi connectivity index (χ1) is 12.2. The highest BCUT2D eigenvalue weighted by Gasteiger charge is 2.25. The summed E-state index contributed by atoms with van der Waals surface area (Å²) in [7, 11) is -3.73. The van der Waals surface area contributed by atoms with Gasteiger partial charge < -0.3 is 5.32 Å². The molecule has 1 amide bonds. The Morgan fingerprint density at radius 2 is 1.85 bits per heavy atom. The summed E-state index contributed by atoms with van der Waals surface area (Å²) in [6.45, 7) is 5.54. The first-order valence-electron chi connectivity index (χ1n) is 8.50. The summed E-state index contributed by atoms with van der Waals surface area (Å²) in [5.41, 5.74) is 4.42. The lowest BCUT2D eigenvalue weighted by atomic mass is 9.96. The molecule has 0 saturated heterocycles.